The van der Waals surface area contributed by atoms with Gasteiger partial charge in [-0.15, -0.1) is 0 Å². The molecule has 2 aliphatic heterocycles. The summed E-state index contributed by atoms with van der Waals surface area (Å²) in [6.45, 7) is 10.8. The van der Waals surface area contributed by atoms with Crippen molar-refractivity contribution in [3.05, 3.63) is 71.3 Å². The molecular formula is C23H31N3. The number of hydrogen-bond donors (Lipinski definition) is 0. The molecule has 0 atom stereocenters. The molecule has 2 heterocycles. The standard InChI is InChI=1S/C23H31N3/c1-2-6-21(7-3-1)20-26-18-16-25(17-19-26)15-14-24-12-10-22-8-4-5-9-23(22)11-13-24/h1-9H,10-20H2. The first-order valence-electron chi connectivity index (χ1n) is 10.1. The van der Waals surface area contributed by atoms with Crippen molar-refractivity contribution in [2.45, 2.75) is 19.4 Å². The summed E-state index contributed by atoms with van der Waals surface area (Å²) in [6, 6.07) is 19.9. The van der Waals surface area contributed by atoms with Crippen LogP contribution in [0.25, 0.3) is 0 Å². The Morgan fingerprint density at radius 3 is 1.65 bits per heavy atom. The van der Waals surface area contributed by atoms with E-state index in [1.54, 1.807) is 11.1 Å². The fraction of sp³-hybridized carbons (Fsp3) is 0.478. The first-order valence-corrected chi connectivity index (χ1v) is 10.1. The quantitative estimate of drug-likeness (QED) is 0.822. The van der Waals surface area contributed by atoms with E-state index in [1.807, 2.05) is 0 Å². The van der Waals surface area contributed by atoms with Gasteiger partial charge in [0.05, 0.1) is 0 Å². The third kappa shape index (κ3) is 4.73. The highest BCUT2D eigenvalue weighted by atomic mass is 15.3. The van der Waals surface area contributed by atoms with Crippen molar-refractivity contribution in [3.8, 4) is 0 Å². The van der Waals surface area contributed by atoms with Gasteiger partial charge in [-0.1, -0.05) is 54.6 Å². The summed E-state index contributed by atoms with van der Waals surface area (Å²) in [5.41, 5.74) is 4.55. The van der Waals surface area contributed by atoms with Crippen LogP contribution in [0.4, 0.5) is 0 Å². The van der Waals surface area contributed by atoms with E-state index in [9.17, 15) is 0 Å². The fourth-order valence-corrected chi connectivity index (χ4v) is 4.23. The Kier molecular flexibility index (Phi) is 6.00. The van der Waals surface area contributed by atoms with Crippen LogP contribution < -0.4 is 0 Å². The molecule has 0 N–H and O–H groups in total. The molecule has 0 amide bonds. The number of rotatable bonds is 5. The lowest BCUT2D eigenvalue weighted by atomic mass is 10.0. The number of benzene rings is 2. The zero-order valence-corrected chi connectivity index (χ0v) is 15.8. The Balaban J connectivity index is 1.18. The van der Waals surface area contributed by atoms with Gasteiger partial charge < -0.3 is 4.90 Å². The number of nitrogens with zero attached hydrogens (tertiary/aromatic N) is 3. The molecule has 2 aliphatic rings. The van der Waals surface area contributed by atoms with Crippen LogP contribution in [-0.2, 0) is 19.4 Å². The first kappa shape index (κ1) is 17.7. The lowest BCUT2D eigenvalue weighted by molar-refractivity contribution is 0.115. The van der Waals surface area contributed by atoms with Crippen LogP contribution in [0.2, 0.25) is 0 Å². The van der Waals surface area contributed by atoms with Crippen molar-refractivity contribution in [2.75, 3.05) is 52.4 Å². The third-order valence-corrected chi connectivity index (χ3v) is 5.96. The molecule has 4 rings (SSSR count). The minimum absolute atomic E-state index is 1.10. The van der Waals surface area contributed by atoms with Gasteiger partial charge in [0.2, 0.25) is 0 Å². The summed E-state index contributed by atoms with van der Waals surface area (Å²) in [6.07, 6.45) is 2.42. The Bertz CT molecular complexity index is 650. The van der Waals surface area contributed by atoms with Gasteiger partial charge in [0.15, 0.2) is 0 Å². The maximum absolute atomic E-state index is 2.66. The smallest absolute Gasteiger partial charge is 0.0234 e. The van der Waals surface area contributed by atoms with E-state index in [-0.39, 0.29) is 0 Å². The van der Waals surface area contributed by atoms with Crippen LogP contribution in [0, 0.1) is 0 Å². The van der Waals surface area contributed by atoms with E-state index >= 15 is 0 Å². The lowest BCUT2D eigenvalue weighted by Crippen LogP contribution is -2.48. The Labute approximate surface area is 158 Å². The van der Waals surface area contributed by atoms with Gasteiger partial charge in [0.25, 0.3) is 0 Å². The molecular weight excluding hydrogens is 318 g/mol. The molecule has 0 saturated carbocycles. The normalized spacial score (nSPS) is 19.8. The highest BCUT2D eigenvalue weighted by Crippen LogP contribution is 2.15. The average Bonchev–Trinajstić information content (AvgIpc) is 2.91. The minimum Gasteiger partial charge on any atom is -0.301 e. The number of piperazine rings is 1. The fourth-order valence-electron chi connectivity index (χ4n) is 4.23. The van der Waals surface area contributed by atoms with E-state index < -0.39 is 0 Å². The molecule has 0 aromatic heterocycles. The molecule has 3 heteroatoms. The third-order valence-electron chi connectivity index (χ3n) is 5.96. The summed E-state index contributed by atoms with van der Waals surface area (Å²) < 4.78 is 0. The average molecular weight is 350 g/mol. The second-order valence-corrected chi connectivity index (χ2v) is 7.71. The van der Waals surface area contributed by atoms with Crippen LogP contribution in [0.3, 0.4) is 0 Å². The predicted molar refractivity (Wildman–Crippen MR) is 108 cm³/mol. The second-order valence-electron chi connectivity index (χ2n) is 7.71. The van der Waals surface area contributed by atoms with Gasteiger partial charge in [0, 0.05) is 58.9 Å². The summed E-state index contributed by atoms with van der Waals surface area (Å²) >= 11 is 0. The summed E-state index contributed by atoms with van der Waals surface area (Å²) in [4.78, 5) is 7.91. The van der Waals surface area contributed by atoms with E-state index in [0.717, 1.165) is 6.54 Å². The molecule has 0 bridgehead atoms. The predicted octanol–water partition coefficient (Wildman–Crippen LogP) is 2.91. The molecule has 1 fully saturated rings. The van der Waals surface area contributed by atoms with E-state index in [0.29, 0.717) is 0 Å². The van der Waals surface area contributed by atoms with Crippen molar-refractivity contribution >= 4 is 0 Å². The molecule has 0 radical (unpaired) electrons. The molecule has 0 spiro atoms. The molecule has 0 aliphatic carbocycles. The topological polar surface area (TPSA) is 9.72 Å². The van der Waals surface area contributed by atoms with Gasteiger partial charge in [0.1, 0.15) is 0 Å². The van der Waals surface area contributed by atoms with Crippen LogP contribution >= 0.6 is 0 Å². The van der Waals surface area contributed by atoms with Crippen LogP contribution in [0.1, 0.15) is 16.7 Å². The van der Waals surface area contributed by atoms with Gasteiger partial charge in [-0.05, 0) is 29.5 Å². The van der Waals surface area contributed by atoms with Crippen LogP contribution in [-0.4, -0.2) is 67.1 Å². The first-order chi connectivity index (χ1) is 12.9. The maximum atomic E-state index is 2.66. The summed E-state index contributed by atoms with van der Waals surface area (Å²) in [7, 11) is 0. The van der Waals surface area contributed by atoms with Crippen LogP contribution in [0.15, 0.2) is 54.6 Å². The zero-order chi connectivity index (χ0) is 17.6. The second kappa shape index (κ2) is 8.81. The molecule has 1 saturated heterocycles. The van der Waals surface area contributed by atoms with Crippen LogP contribution in [0.5, 0.6) is 0 Å². The largest absolute Gasteiger partial charge is 0.301 e. The molecule has 2 aromatic rings. The molecule has 26 heavy (non-hydrogen) atoms. The summed E-state index contributed by atoms with van der Waals surface area (Å²) in [5.74, 6) is 0. The van der Waals surface area contributed by atoms with Gasteiger partial charge in [-0.3, -0.25) is 9.80 Å². The van der Waals surface area contributed by atoms with Gasteiger partial charge in [-0.25, -0.2) is 0 Å². The molecule has 3 nitrogen and oxygen atoms in total. The molecule has 0 unspecified atom stereocenters. The lowest BCUT2D eigenvalue weighted by Gasteiger charge is -2.35. The van der Waals surface area contributed by atoms with Crippen molar-refractivity contribution in [3.63, 3.8) is 0 Å². The van der Waals surface area contributed by atoms with E-state index in [1.165, 1.54) is 70.8 Å². The monoisotopic (exact) mass is 349 g/mol. The number of fused-ring (bicyclic) bond motifs is 1. The Morgan fingerprint density at radius 1 is 0.538 bits per heavy atom. The Hall–Kier alpha value is -1.68. The van der Waals surface area contributed by atoms with E-state index in [4.69, 9.17) is 0 Å². The van der Waals surface area contributed by atoms with Crippen molar-refractivity contribution in [2.24, 2.45) is 0 Å². The zero-order valence-electron chi connectivity index (χ0n) is 15.8. The highest BCUT2D eigenvalue weighted by molar-refractivity contribution is 5.28. The number of hydrogen-bond acceptors (Lipinski definition) is 3. The SMILES string of the molecule is c1ccc(CN2CCN(CCN3CCc4ccccc4CC3)CC2)cc1. The van der Waals surface area contributed by atoms with Gasteiger partial charge in [-0.2, -0.15) is 0 Å². The highest BCUT2D eigenvalue weighted by Gasteiger charge is 2.18. The van der Waals surface area contributed by atoms with Crippen molar-refractivity contribution in [1.29, 1.82) is 0 Å². The minimum atomic E-state index is 1.10. The van der Waals surface area contributed by atoms with E-state index in [2.05, 4.69) is 69.3 Å². The molecule has 2 aromatic carbocycles. The summed E-state index contributed by atoms with van der Waals surface area (Å²) in [5, 5.41) is 0. The van der Waals surface area contributed by atoms with Crippen molar-refractivity contribution in [1.82, 2.24) is 14.7 Å². The maximum Gasteiger partial charge on any atom is 0.0234 e. The van der Waals surface area contributed by atoms with Crippen molar-refractivity contribution < 1.29 is 0 Å². The van der Waals surface area contributed by atoms with Gasteiger partial charge >= 0.3 is 0 Å². The Morgan fingerprint density at radius 2 is 1.04 bits per heavy atom. The molecule has 138 valence electrons.